The van der Waals surface area contributed by atoms with Gasteiger partial charge in [0.1, 0.15) is 11.1 Å². The lowest BCUT2D eigenvalue weighted by molar-refractivity contribution is -0.115. The van der Waals surface area contributed by atoms with E-state index < -0.39 is 32.6 Å². The molecule has 1 unspecified atom stereocenters. The lowest BCUT2D eigenvalue weighted by Crippen LogP contribution is -2.36. The van der Waals surface area contributed by atoms with E-state index in [0.29, 0.717) is 6.42 Å². The molecule has 0 fully saturated rings. The Morgan fingerprint density at radius 1 is 1.03 bits per heavy atom. The number of unbranched alkanes of at least 4 members (excludes halogenated alkanes) is 9. The van der Waals surface area contributed by atoms with Crippen molar-refractivity contribution in [1.82, 2.24) is 4.98 Å². The number of amides is 1. The Kier molecular flexibility index (Phi) is 10.4. The summed E-state index contributed by atoms with van der Waals surface area (Å²) in [5.41, 5.74) is 0.0110. The maximum absolute atomic E-state index is 14.3. The summed E-state index contributed by atoms with van der Waals surface area (Å²) in [5, 5.41) is 1.08. The molecule has 0 saturated carbocycles. The molecule has 2 rings (SSSR count). The van der Waals surface area contributed by atoms with Crippen molar-refractivity contribution in [2.24, 2.45) is 0 Å². The van der Waals surface area contributed by atoms with Gasteiger partial charge in [-0.05, 0) is 12.8 Å². The van der Waals surface area contributed by atoms with Crippen LogP contribution in [0.1, 0.15) is 84.5 Å². The highest BCUT2D eigenvalue weighted by atomic mass is 32.2. The fourth-order valence-corrected chi connectivity index (χ4v) is 5.60. The van der Waals surface area contributed by atoms with Gasteiger partial charge in [-0.2, -0.15) is 0 Å². The monoisotopic (exact) mass is 470 g/mol. The number of benzene rings is 1. The first-order valence-electron chi connectivity index (χ1n) is 11.6. The zero-order valence-electron chi connectivity index (χ0n) is 19.0. The second-order valence-corrected chi connectivity index (χ2v) is 10.6. The average Bonchev–Trinajstić information content (AvgIpc) is 3.08. The molecule has 0 aliphatic carbocycles. The van der Waals surface area contributed by atoms with Gasteiger partial charge in [0, 0.05) is 12.1 Å². The van der Waals surface area contributed by atoms with Crippen LogP contribution in [0.15, 0.2) is 21.3 Å². The molecule has 0 aliphatic heterocycles. The molecule has 0 aliphatic rings. The standard InChI is InChI=1S/C23H35FN2O5S/c1-3-5-6-7-8-9-10-11-12-13-14-32(29,30)21(4-2)22(27)25-18-16-20-19(15-17(18)24)26-23(28)31-20/h15-16,21H,3-14H2,1-2H3,(H,25,27)(H,26,28). The van der Waals surface area contributed by atoms with E-state index in [9.17, 15) is 22.4 Å². The van der Waals surface area contributed by atoms with Gasteiger partial charge in [0.15, 0.2) is 15.4 Å². The predicted octanol–water partition coefficient (Wildman–Crippen LogP) is 5.31. The molecule has 0 radical (unpaired) electrons. The number of H-pyrrole nitrogens is 1. The number of sulfone groups is 1. The fourth-order valence-electron chi connectivity index (χ4n) is 3.82. The highest BCUT2D eigenvalue weighted by Gasteiger charge is 2.31. The van der Waals surface area contributed by atoms with Crippen molar-refractivity contribution in [2.75, 3.05) is 11.1 Å². The van der Waals surface area contributed by atoms with Gasteiger partial charge in [-0.1, -0.05) is 71.6 Å². The molecular formula is C23H35FN2O5S. The summed E-state index contributed by atoms with van der Waals surface area (Å²) in [6, 6.07) is 2.19. The molecule has 1 aromatic heterocycles. The van der Waals surface area contributed by atoms with Crippen LogP contribution in [0.5, 0.6) is 0 Å². The smallest absolute Gasteiger partial charge is 0.408 e. The van der Waals surface area contributed by atoms with Gasteiger partial charge in [0.2, 0.25) is 5.91 Å². The van der Waals surface area contributed by atoms with Gasteiger partial charge in [-0.15, -0.1) is 0 Å². The van der Waals surface area contributed by atoms with Crippen molar-refractivity contribution < 1.29 is 22.0 Å². The maximum Gasteiger partial charge on any atom is 0.417 e. The quantitative estimate of drug-likeness (QED) is 0.343. The predicted molar refractivity (Wildman–Crippen MR) is 125 cm³/mol. The van der Waals surface area contributed by atoms with Crippen LogP contribution in [-0.4, -0.2) is 30.3 Å². The van der Waals surface area contributed by atoms with Gasteiger partial charge in [0.05, 0.1) is 17.0 Å². The number of halogens is 1. The van der Waals surface area contributed by atoms with Crippen molar-refractivity contribution in [3.05, 3.63) is 28.5 Å². The number of carbonyl (C=O) groups excluding carboxylic acids is 1. The molecule has 2 N–H and O–H groups in total. The summed E-state index contributed by atoms with van der Waals surface area (Å²) < 4.78 is 44.6. The van der Waals surface area contributed by atoms with Gasteiger partial charge < -0.3 is 9.73 Å². The van der Waals surface area contributed by atoms with Crippen LogP contribution >= 0.6 is 0 Å². The molecule has 0 bridgehead atoms. The maximum atomic E-state index is 14.3. The summed E-state index contributed by atoms with van der Waals surface area (Å²) in [5.74, 6) is -2.38. The summed E-state index contributed by atoms with van der Waals surface area (Å²) >= 11 is 0. The van der Waals surface area contributed by atoms with E-state index in [1.54, 1.807) is 6.92 Å². The first-order valence-corrected chi connectivity index (χ1v) is 13.3. The normalized spacial score (nSPS) is 12.8. The molecule has 9 heteroatoms. The molecule has 1 atom stereocenters. The zero-order chi connectivity index (χ0) is 23.6. The van der Waals surface area contributed by atoms with Crippen molar-refractivity contribution in [2.45, 2.75) is 89.7 Å². The number of oxazole rings is 1. The second kappa shape index (κ2) is 12.8. The Morgan fingerprint density at radius 2 is 1.62 bits per heavy atom. The van der Waals surface area contributed by atoms with E-state index in [1.165, 1.54) is 44.6 Å². The first-order chi connectivity index (χ1) is 15.3. The number of hydrogen-bond donors (Lipinski definition) is 2. The number of rotatable bonds is 15. The van der Waals surface area contributed by atoms with E-state index in [-0.39, 0.29) is 29.0 Å². The minimum absolute atomic E-state index is 0.0658. The van der Waals surface area contributed by atoms with E-state index in [2.05, 4.69) is 17.2 Å². The number of carbonyl (C=O) groups is 1. The molecule has 1 aromatic carbocycles. The van der Waals surface area contributed by atoms with Crippen LogP contribution < -0.4 is 11.1 Å². The summed E-state index contributed by atoms with van der Waals surface area (Å²) in [6.07, 6.45) is 11.0. The lowest BCUT2D eigenvalue weighted by Gasteiger charge is -2.16. The molecular weight excluding hydrogens is 435 g/mol. The third-order valence-corrected chi connectivity index (χ3v) is 7.92. The number of nitrogens with one attached hydrogen (secondary N) is 2. The van der Waals surface area contributed by atoms with Crippen molar-refractivity contribution >= 4 is 32.5 Å². The Hall–Kier alpha value is -2.16. The van der Waals surface area contributed by atoms with E-state index >= 15 is 0 Å². The van der Waals surface area contributed by atoms with Crippen molar-refractivity contribution in [3.8, 4) is 0 Å². The SMILES string of the molecule is CCCCCCCCCCCCS(=O)(=O)C(CC)C(=O)Nc1cc2oc(=O)[nH]c2cc1F. The van der Waals surface area contributed by atoms with Gasteiger partial charge in [-0.25, -0.2) is 17.6 Å². The number of aromatic amines is 1. The Bertz CT molecular complexity index is 1030. The van der Waals surface area contributed by atoms with Crippen molar-refractivity contribution in [3.63, 3.8) is 0 Å². The van der Waals surface area contributed by atoms with Crippen LogP contribution in [0.2, 0.25) is 0 Å². The molecule has 0 spiro atoms. The molecule has 7 nitrogen and oxygen atoms in total. The van der Waals surface area contributed by atoms with Crippen molar-refractivity contribution in [1.29, 1.82) is 0 Å². The number of aromatic nitrogens is 1. The number of anilines is 1. The zero-order valence-corrected chi connectivity index (χ0v) is 19.9. The third-order valence-electron chi connectivity index (χ3n) is 5.65. The molecule has 180 valence electrons. The van der Waals surface area contributed by atoms with E-state index in [1.807, 2.05) is 0 Å². The summed E-state index contributed by atoms with van der Waals surface area (Å²) in [7, 11) is -3.66. The molecule has 1 amide bonds. The van der Waals surface area contributed by atoms with Crippen LogP contribution in [0.3, 0.4) is 0 Å². The second-order valence-electron chi connectivity index (χ2n) is 8.28. The molecule has 0 saturated heterocycles. The molecule has 32 heavy (non-hydrogen) atoms. The lowest BCUT2D eigenvalue weighted by atomic mass is 10.1. The Labute approximate surface area is 189 Å². The summed E-state index contributed by atoms with van der Waals surface area (Å²) in [4.78, 5) is 26.2. The van der Waals surface area contributed by atoms with Crippen LogP contribution in [0, 0.1) is 5.82 Å². The van der Waals surface area contributed by atoms with E-state index in [4.69, 9.17) is 4.42 Å². The topological polar surface area (TPSA) is 109 Å². The Balaban J connectivity index is 1.83. The van der Waals surface area contributed by atoms with Crippen LogP contribution in [0.25, 0.3) is 11.1 Å². The average molecular weight is 471 g/mol. The molecule has 1 heterocycles. The van der Waals surface area contributed by atoms with Crippen LogP contribution in [-0.2, 0) is 14.6 Å². The van der Waals surface area contributed by atoms with Gasteiger partial charge in [-0.3, -0.25) is 9.78 Å². The highest BCUT2D eigenvalue weighted by Crippen LogP contribution is 2.22. The molecule has 2 aromatic rings. The van der Waals surface area contributed by atoms with Crippen LogP contribution in [0.4, 0.5) is 10.1 Å². The summed E-state index contributed by atoms with van der Waals surface area (Å²) in [6.45, 7) is 3.81. The van der Waals surface area contributed by atoms with E-state index in [0.717, 1.165) is 25.3 Å². The largest absolute Gasteiger partial charge is 0.417 e. The minimum atomic E-state index is -3.66. The third kappa shape index (κ3) is 7.76. The number of fused-ring (bicyclic) bond motifs is 1. The fraction of sp³-hybridized carbons (Fsp3) is 0.652. The van der Waals surface area contributed by atoms with Gasteiger partial charge >= 0.3 is 5.76 Å². The number of hydrogen-bond acceptors (Lipinski definition) is 5. The Morgan fingerprint density at radius 3 is 2.22 bits per heavy atom. The van der Waals surface area contributed by atoms with Gasteiger partial charge in [0.25, 0.3) is 0 Å². The highest BCUT2D eigenvalue weighted by molar-refractivity contribution is 7.92. The first kappa shape index (κ1) is 26.1. The minimum Gasteiger partial charge on any atom is -0.408 e.